The van der Waals surface area contributed by atoms with Crippen molar-refractivity contribution in [2.24, 2.45) is 0 Å². The number of piperazine rings is 1. The summed E-state index contributed by atoms with van der Waals surface area (Å²) in [5, 5.41) is 3.63. The molecule has 1 amide bonds. The second-order valence-corrected chi connectivity index (χ2v) is 8.70. The third-order valence-corrected chi connectivity index (χ3v) is 5.97. The van der Waals surface area contributed by atoms with Crippen molar-refractivity contribution >= 4 is 23.6 Å². The molecule has 1 unspecified atom stereocenters. The number of hydrogen-bond donors (Lipinski definition) is 1. The van der Waals surface area contributed by atoms with E-state index >= 15 is 0 Å². The van der Waals surface area contributed by atoms with Gasteiger partial charge >= 0.3 is 0 Å². The second kappa shape index (κ2) is 12.6. The summed E-state index contributed by atoms with van der Waals surface area (Å²) in [6, 6.07) is 13.6. The van der Waals surface area contributed by atoms with Gasteiger partial charge in [-0.3, -0.25) is 9.69 Å². The van der Waals surface area contributed by atoms with E-state index in [4.69, 9.17) is 21.1 Å². The first-order chi connectivity index (χ1) is 16.0. The highest BCUT2D eigenvalue weighted by atomic mass is 35.5. The maximum Gasteiger partial charge on any atom is 0.244 e. The predicted molar refractivity (Wildman–Crippen MR) is 134 cm³/mol. The summed E-state index contributed by atoms with van der Waals surface area (Å²) in [5.41, 5.74) is 1.87. The highest BCUT2D eigenvalue weighted by Crippen LogP contribution is 2.36. The van der Waals surface area contributed by atoms with Crippen molar-refractivity contribution < 1.29 is 14.3 Å². The Hall–Kier alpha value is -2.54. The molecule has 0 saturated carbocycles. The van der Waals surface area contributed by atoms with Gasteiger partial charge in [-0.1, -0.05) is 48.9 Å². The van der Waals surface area contributed by atoms with Gasteiger partial charge in [-0.05, 0) is 42.8 Å². The topological polar surface area (TPSA) is 54.0 Å². The normalized spacial score (nSPS) is 16.0. The van der Waals surface area contributed by atoms with E-state index < -0.39 is 0 Å². The molecular formula is C26H34ClN3O3. The smallest absolute Gasteiger partial charge is 0.244 e. The van der Waals surface area contributed by atoms with Crippen molar-refractivity contribution in [3.8, 4) is 11.5 Å². The van der Waals surface area contributed by atoms with Crippen molar-refractivity contribution in [3.63, 3.8) is 0 Å². The van der Waals surface area contributed by atoms with Gasteiger partial charge in [0.05, 0.1) is 24.8 Å². The lowest BCUT2D eigenvalue weighted by molar-refractivity contribution is -0.117. The van der Waals surface area contributed by atoms with Gasteiger partial charge < -0.3 is 19.7 Å². The molecule has 1 fully saturated rings. The van der Waals surface area contributed by atoms with Crippen molar-refractivity contribution in [3.05, 3.63) is 64.7 Å². The second-order valence-electron chi connectivity index (χ2n) is 8.29. The molecule has 7 heteroatoms. The number of amides is 1. The van der Waals surface area contributed by atoms with E-state index in [1.165, 1.54) is 6.08 Å². The fraction of sp³-hybridized carbons (Fsp3) is 0.423. The molecule has 0 aliphatic carbocycles. The number of methoxy groups -OCH3 is 1. The third-order valence-electron chi connectivity index (χ3n) is 5.68. The van der Waals surface area contributed by atoms with Crippen LogP contribution in [0.5, 0.6) is 11.5 Å². The van der Waals surface area contributed by atoms with Gasteiger partial charge in [-0.25, -0.2) is 0 Å². The number of hydrogen-bond acceptors (Lipinski definition) is 5. The Morgan fingerprint density at radius 1 is 1.18 bits per heavy atom. The van der Waals surface area contributed by atoms with Crippen LogP contribution in [0.15, 0.2) is 48.5 Å². The molecule has 1 atom stereocenters. The number of ether oxygens (including phenoxy) is 2. The number of likely N-dealkylation sites (N-methyl/N-ethyl adjacent to an activating group) is 1. The Balaban J connectivity index is 1.70. The molecule has 178 valence electrons. The molecule has 1 heterocycles. The van der Waals surface area contributed by atoms with E-state index in [0.29, 0.717) is 23.1 Å². The molecule has 6 nitrogen and oxygen atoms in total. The molecule has 1 N–H and O–H groups in total. The number of carbonyl (C=O) groups excluding carboxylic acids is 1. The standard InChI is InChI=1S/C26H34ClN3O3/c1-4-16-33-26-22(27)17-20(18-24(26)32-3)10-11-25(31)28-23(21-8-6-5-7-9-21)19-30-14-12-29(2)13-15-30/h5-11,17-18,23H,4,12-16,19H2,1-3H3,(H,28,31)/b11-10+. The summed E-state index contributed by atoms with van der Waals surface area (Å²) in [6.45, 7) is 7.43. The SMILES string of the molecule is CCCOc1c(Cl)cc(/C=C/C(=O)NC(CN2CCN(C)CC2)c2ccccc2)cc1OC. The van der Waals surface area contributed by atoms with Crippen molar-refractivity contribution in [1.29, 1.82) is 0 Å². The molecular weight excluding hydrogens is 438 g/mol. The average Bonchev–Trinajstić information content (AvgIpc) is 2.83. The van der Waals surface area contributed by atoms with Gasteiger partial charge in [0, 0.05) is 38.8 Å². The molecule has 2 aromatic rings. The zero-order chi connectivity index (χ0) is 23.6. The molecule has 0 radical (unpaired) electrons. The molecule has 33 heavy (non-hydrogen) atoms. The first kappa shape index (κ1) is 25.1. The zero-order valence-corrected chi connectivity index (χ0v) is 20.5. The Morgan fingerprint density at radius 2 is 1.91 bits per heavy atom. The molecule has 1 aliphatic rings. The monoisotopic (exact) mass is 471 g/mol. The van der Waals surface area contributed by atoms with Crippen molar-refractivity contribution in [1.82, 2.24) is 15.1 Å². The molecule has 3 rings (SSSR count). The molecule has 2 aromatic carbocycles. The number of carbonyl (C=O) groups is 1. The Bertz CT molecular complexity index is 928. The highest BCUT2D eigenvalue weighted by molar-refractivity contribution is 6.32. The Kier molecular flexibility index (Phi) is 9.61. The minimum atomic E-state index is -0.153. The van der Waals surface area contributed by atoms with Gasteiger partial charge in [0.2, 0.25) is 5.91 Å². The van der Waals surface area contributed by atoms with Crippen LogP contribution in [0.1, 0.15) is 30.5 Å². The maximum absolute atomic E-state index is 12.8. The van der Waals surface area contributed by atoms with E-state index in [0.717, 1.165) is 50.3 Å². The number of nitrogens with zero attached hydrogens (tertiary/aromatic N) is 2. The summed E-state index contributed by atoms with van der Waals surface area (Å²) in [6.07, 6.45) is 4.15. The summed E-state index contributed by atoms with van der Waals surface area (Å²) >= 11 is 6.40. The van der Waals surface area contributed by atoms with Crippen LogP contribution in [0.3, 0.4) is 0 Å². The average molecular weight is 472 g/mol. The molecule has 0 spiro atoms. The Labute approximate surface area is 202 Å². The number of rotatable bonds is 10. The van der Waals surface area contributed by atoms with Gasteiger partial charge in [-0.15, -0.1) is 0 Å². The van der Waals surface area contributed by atoms with Gasteiger partial charge in [0.1, 0.15) is 0 Å². The lowest BCUT2D eigenvalue weighted by Gasteiger charge is -2.34. The van der Waals surface area contributed by atoms with E-state index in [9.17, 15) is 4.79 Å². The number of nitrogens with one attached hydrogen (secondary N) is 1. The van der Waals surface area contributed by atoms with E-state index in [1.54, 1.807) is 19.3 Å². The first-order valence-corrected chi connectivity index (χ1v) is 11.8. The largest absolute Gasteiger partial charge is 0.493 e. The molecule has 0 bridgehead atoms. The third kappa shape index (κ3) is 7.49. The van der Waals surface area contributed by atoms with Gasteiger partial charge in [0.15, 0.2) is 11.5 Å². The Morgan fingerprint density at radius 3 is 2.58 bits per heavy atom. The minimum Gasteiger partial charge on any atom is -0.493 e. The quantitative estimate of drug-likeness (QED) is 0.525. The van der Waals surface area contributed by atoms with Crippen LogP contribution in [0.25, 0.3) is 6.08 Å². The summed E-state index contributed by atoms with van der Waals surface area (Å²) < 4.78 is 11.1. The van der Waals surface area contributed by atoms with Crippen LogP contribution in [0.4, 0.5) is 0 Å². The van der Waals surface area contributed by atoms with Crippen LogP contribution >= 0.6 is 11.6 Å². The predicted octanol–water partition coefficient (Wildman–Crippen LogP) is 4.26. The lowest BCUT2D eigenvalue weighted by Crippen LogP contribution is -2.47. The maximum atomic E-state index is 12.8. The van der Waals surface area contributed by atoms with E-state index in [1.807, 2.05) is 31.2 Å². The van der Waals surface area contributed by atoms with Crippen LogP contribution < -0.4 is 14.8 Å². The van der Waals surface area contributed by atoms with Crippen molar-refractivity contribution in [2.75, 3.05) is 53.5 Å². The summed E-state index contributed by atoms with van der Waals surface area (Å²) in [5.74, 6) is 0.923. The zero-order valence-electron chi connectivity index (χ0n) is 19.7. The summed E-state index contributed by atoms with van der Waals surface area (Å²) in [7, 11) is 3.72. The fourth-order valence-corrected chi connectivity index (χ4v) is 4.05. The van der Waals surface area contributed by atoms with Crippen LogP contribution in [-0.4, -0.2) is 69.2 Å². The molecule has 1 saturated heterocycles. The van der Waals surface area contributed by atoms with Crippen LogP contribution in [0.2, 0.25) is 5.02 Å². The highest BCUT2D eigenvalue weighted by Gasteiger charge is 2.20. The van der Waals surface area contributed by atoms with Gasteiger partial charge in [0.25, 0.3) is 0 Å². The molecule has 1 aliphatic heterocycles. The van der Waals surface area contributed by atoms with Gasteiger partial charge in [-0.2, -0.15) is 0 Å². The van der Waals surface area contributed by atoms with Crippen LogP contribution in [0, 0.1) is 0 Å². The van der Waals surface area contributed by atoms with Crippen molar-refractivity contribution in [2.45, 2.75) is 19.4 Å². The fourth-order valence-electron chi connectivity index (χ4n) is 3.78. The first-order valence-electron chi connectivity index (χ1n) is 11.4. The number of halogens is 1. The summed E-state index contributed by atoms with van der Waals surface area (Å²) in [4.78, 5) is 17.6. The number of benzene rings is 2. The lowest BCUT2D eigenvalue weighted by atomic mass is 10.1. The van der Waals surface area contributed by atoms with Crippen LogP contribution in [-0.2, 0) is 4.79 Å². The molecule has 0 aromatic heterocycles. The van der Waals surface area contributed by atoms with E-state index in [-0.39, 0.29) is 11.9 Å². The van der Waals surface area contributed by atoms with E-state index in [2.05, 4.69) is 34.3 Å². The minimum absolute atomic E-state index is 0.0882.